The van der Waals surface area contributed by atoms with Crippen molar-refractivity contribution >= 4 is 58.0 Å². The molecule has 0 radical (unpaired) electrons. The third-order valence-electron chi connectivity index (χ3n) is 2.22. The first-order chi connectivity index (χ1) is 8.58. The molecule has 0 amide bonds. The van der Waals surface area contributed by atoms with Crippen LogP contribution < -0.4 is 0 Å². The molecular weight excluding hydrogens is 311 g/mol. The van der Waals surface area contributed by atoms with Gasteiger partial charge in [-0.25, -0.2) is 0 Å². The fourth-order valence-electron chi connectivity index (χ4n) is 1.36. The van der Waals surface area contributed by atoms with Crippen LogP contribution in [0.15, 0.2) is 36.4 Å². The second-order valence-corrected chi connectivity index (χ2v) is 5.97. The van der Waals surface area contributed by atoms with Gasteiger partial charge in [-0.15, -0.1) is 11.3 Å². The summed E-state index contributed by atoms with van der Waals surface area (Å²) < 4.78 is 0.586. The van der Waals surface area contributed by atoms with Gasteiger partial charge in [-0.3, -0.25) is 4.79 Å². The normalized spacial score (nSPS) is 11.1. The predicted octanol–water partition coefficient (Wildman–Crippen LogP) is 5.60. The van der Waals surface area contributed by atoms with Gasteiger partial charge in [-0.05, 0) is 36.4 Å². The van der Waals surface area contributed by atoms with E-state index in [1.165, 1.54) is 17.4 Å². The summed E-state index contributed by atoms with van der Waals surface area (Å²) in [4.78, 5) is 12.4. The van der Waals surface area contributed by atoms with E-state index in [9.17, 15) is 4.79 Å². The van der Waals surface area contributed by atoms with E-state index in [2.05, 4.69) is 0 Å². The van der Waals surface area contributed by atoms with E-state index in [1.807, 2.05) is 0 Å². The first kappa shape index (κ1) is 13.6. The van der Waals surface area contributed by atoms with Crippen LogP contribution in [0.1, 0.15) is 15.2 Å². The van der Waals surface area contributed by atoms with Crippen LogP contribution in [0.2, 0.25) is 14.4 Å². The first-order valence-corrected chi connectivity index (χ1v) is 6.95. The molecular formula is C13H7Cl3OS. The quantitative estimate of drug-likeness (QED) is 0.531. The summed E-state index contributed by atoms with van der Waals surface area (Å²) in [6.07, 6.45) is 3.05. The summed E-state index contributed by atoms with van der Waals surface area (Å²) in [6.45, 7) is 0. The molecule has 0 fully saturated rings. The Bertz CT molecular complexity index is 596. The lowest BCUT2D eigenvalue weighted by molar-refractivity contribution is 0.105. The number of hydrogen-bond acceptors (Lipinski definition) is 2. The van der Waals surface area contributed by atoms with E-state index >= 15 is 0 Å². The fraction of sp³-hybridized carbons (Fsp3) is 0. The number of benzene rings is 1. The minimum absolute atomic E-state index is 0.122. The highest BCUT2D eigenvalue weighted by Crippen LogP contribution is 2.26. The molecule has 18 heavy (non-hydrogen) atoms. The van der Waals surface area contributed by atoms with Crippen LogP contribution in [-0.4, -0.2) is 5.78 Å². The molecule has 0 unspecified atom stereocenters. The topological polar surface area (TPSA) is 17.1 Å². The van der Waals surface area contributed by atoms with Crippen molar-refractivity contribution in [3.05, 3.63) is 61.2 Å². The number of thiophene rings is 1. The molecule has 2 rings (SSSR count). The zero-order chi connectivity index (χ0) is 13.1. The second kappa shape index (κ2) is 5.89. The summed E-state index contributed by atoms with van der Waals surface area (Å²) in [5, 5.41) is 1.02. The van der Waals surface area contributed by atoms with Gasteiger partial charge in [0.05, 0.1) is 9.21 Å². The SMILES string of the molecule is O=C(/C=C/c1c(Cl)cccc1Cl)c1ccc(Cl)s1. The number of rotatable bonds is 3. The minimum atomic E-state index is -0.122. The molecule has 5 heteroatoms. The number of carbonyl (C=O) groups is 1. The van der Waals surface area contributed by atoms with Crippen LogP contribution in [0.3, 0.4) is 0 Å². The van der Waals surface area contributed by atoms with E-state index < -0.39 is 0 Å². The number of hydrogen-bond donors (Lipinski definition) is 0. The summed E-state index contributed by atoms with van der Waals surface area (Å²) in [5.41, 5.74) is 0.636. The molecule has 92 valence electrons. The fourth-order valence-corrected chi connectivity index (χ4v) is 2.84. The van der Waals surface area contributed by atoms with Gasteiger partial charge in [0.15, 0.2) is 5.78 Å². The third-order valence-corrected chi connectivity index (χ3v) is 4.12. The van der Waals surface area contributed by atoms with E-state index in [4.69, 9.17) is 34.8 Å². The summed E-state index contributed by atoms with van der Waals surface area (Å²) in [7, 11) is 0. The van der Waals surface area contributed by atoms with E-state index in [-0.39, 0.29) is 5.78 Å². The summed E-state index contributed by atoms with van der Waals surface area (Å²) >= 11 is 19.0. The van der Waals surface area contributed by atoms with Crippen LogP contribution in [0.4, 0.5) is 0 Å². The van der Waals surface area contributed by atoms with Crippen molar-refractivity contribution < 1.29 is 4.79 Å². The van der Waals surface area contributed by atoms with Gasteiger partial charge in [-0.1, -0.05) is 40.9 Å². The molecule has 0 saturated heterocycles. The van der Waals surface area contributed by atoms with Crippen molar-refractivity contribution in [1.82, 2.24) is 0 Å². The van der Waals surface area contributed by atoms with Crippen LogP contribution in [0, 0.1) is 0 Å². The Hall–Kier alpha value is -0.800. The van der Waals surface area contributed by atoms with Crippen molar-refractivity contribution in [2.75, 3.05) is 0 Å². The highest BCUT2D eigenvalue weighted by molar-refractivity contribution is 7.18. The van der Waals surface area contributed by atoms with Gasteiger partial charge in [0, 0.05) is 15.6 Å². The smallest absolute Gasteiger partial charge is 0.195 e. The Labute approximate surface area is 124 Å². The molecule has 1 nitrogen and oxygen atoms in total. The molecule has 0 aliphatic carbocycles. The molecule has 2 aromatic rings. The van der Waals surface area contributed by atoms with Gasteiger partial charge >= 0.3 is 0 Å². The molecule has 0 saturated carbocycles. The maximum absolute atomic E-state index is 11.8. The number of allylic oxidation sites excluding steroid dienone is 1. The van der Waals surface area contributed by atoms with Crippen LogP contribution in [0.25, 0.3) is 6.08 Å². The lowest BCUT2D eigenvalue weighted by Gasteiger charge is -2.00. The third kappa shape index (κ3) is 3.15. The maximum atomic E-state index is 11.8. The van der Waals surface area contributed by atoms with Crippen LogP contribution in [-0.2, 0) is 0 Å². The molecule has 0 aliphatic heterocycles. The first-order valence-electron chi connectivity index (χ1n) is 4.99. The molecule has 0 atom stereocenters. The van der Waals surface area contributed by atoms with Crippen molar-refractivity contribution in [1.29, 1.82) is 0 Å². The van der Waals surface area contributed by atoms with Gasteiger partial charge in [0.2, 0.25) is 0 Å². The van der Waals surface area contributed by atoms with Gasteiger partial charge in [0.25, 0.3) is 0 Å². The van der Waals surface area contributed by atoms with Crippen molar-refractivity contribution in [2.45, 2.75) is 0 Å². The van der Waals surface area contributed by atoms with Gasteiger partial charge in [-0.2, -0.15) is 0 Å². The Balaban J connectivity index is 2.24. The van der Waals surface area contributed by atoms with E-state index in [0.29, 0.717) is 24.8 Å². The van der Waals surface area contributed by atoms with Crippen molar-refractivity contribution in [3.63, 3.8) is 0 Å². The average molecular weight is 318 g/mol. The largest absolute Gasteiger partial charge is 0.288 e. The zero-order valence-corrected chi connectivity index (χ0v) is 12.1. The molecule has 0 spiro atoms. The maximum Gasteiger partial charge on any atom is 0.195 e. The molecule has 1 aromatic carbocycles. The lowest BCUT2D eigenvalue weighted by atomic mass is 10.2. The Morgan fingerprint density at radius 3 is 2.28 bits per heavy atom. The predicted molar refractivity (Wildman–Crippen MR) is 79.2 cm³/mol. The molecule has 1 heterocycles. The average Bonchev–Trinajstić information content (AvgIpc) is 2.75. The van der Waals surface area contributed by atoms with Gasteiger partial charge < -0.3 is 0 Å². The number of halogens is 3. The zero-order valence-electron chi connectivity index (χ0n) is 8.99. The number of ketones is 1. The van der Waals surface area contributed by atoms with Crippen molar-refractivity contribution in [2.24, 2.45) is 0 Å². The van der Waals surface area contributed by atoms with E-state index in [0.717, 1.165) is 0 Å². The van der Waals surface area contributed by atoms with Crippen LogP contribution in [0.5, 0.6) is 0 Å². The summed E-state index contributed by atoms with van der Waals surface area (Å²) in [6, 6.07) is 8.58. The molecule has 0 bridgehead atoms. The minimum Gasteiger partial charge on any atom is -0.288 e. The molecule has 0 N–H and O–H groups in total. The highest BCUT2D eigenvalue weighted by Gasteiger charge is 2.06. The second-order valence-electron chi connectivity index (χ2n) is 3.44. The van der Waals surface area contributed by atoms with Crippen molar-refractivity contribution in [3.8, 4) is 0 Å². The molecule has 0 aliphatic rings. The highest BCUT2D eigenvalue weighted by atomic mass is 35.5. The Morgan fingerprint density at radius 2 is 1.72 bits per heavy atom. The Morgan fingerprint density at radius 1 is 1.06 bits per heavy atom. The standard InChI is InChI=1S/C13H7Cl3OS/c14-9-2-1-3-10(15)8(9)4-5-11(17)12-6-7-13(16)18-12/h1-7H/b5-4+. The van der Waals surface area contributed by atoms with Crippen LogP contribution >= 0.6 is 46.1 Å². The summed E-state index contributed by atoms with van der Waals surface area (Å²) in [5.74, 6) is -0.122. The van der Waals surface area contributed by atoms with Gasteiger partial charge in [0.1, 0.15) is 0 Å². The number of carbonyl (C=O) groups excluding carboxylic acids is 1. The lowest BCUT2D eigenvalue weighted by Crippen LogP contribution is -1.89. The Kier molecular flexibility index (Phi) is 4.46. The monoisotopic (exact) mass is 316 g/mol. The van der Waals surface area contributed by atoms with E-state index in [1.54, 1.807) is 36.4 Å². The molecule has 1 aromatic heterocycles.